The fourth-order valence-electron chi connectivity index (χ4n) is 7.59. The summed E-state index contributed by atoms with van der Waals surface area (Å²) in [7, 11) is 0. The van der Waals surface area contributed by atoms with Crippen molar-refractivity contribution in [3.05, 3.63) is 81.4 Å². The minimum atomic E-state index is -0.467. The summed E-state index contributed by atoms with van der Waals surface area (Å²) < 4.78 is -0.467. The van der Waals surface area contributed by atoms with E-state index in [4.69, 9.17) is 0 Å². The summed E-state index contributed by atoms with van der Waals surface area (Å²) in [6, 6.07) is 13.8. The highest BCUT2D eigenvalue weighted by Crippen LogP contribution is 2.36. The van der Waals surface area contributed by atoms with Gasteiger partial charge in [-0.15, -0.1) is 23.5 Å². The normalized spacial score (nSPS) is 11.8. The molecule has 1 unspecified atom stereocenters. The van der Waals surface area contributed by atoms with Crippen LogP contribution in [0, 0.1) is 41.5 Å². The Labute approximate surface area is 387 Å². The molecule has 6 nitrogen and oxygen atoms in total. The van der Waals surface area contributed by atoms with Crippen molar-refractivity contribution in [2.24, 2.45) is 0 Å². The lowest BCUT2D eigenvalue weighted by atomic mass is 10.0. The molecular weight excluding hydrogens is 805 g/mol. The monoisotopic (exact) mass is 891 g/mol. The molecule has 0 saturated carbocycles. The summed E-state index contributed by atoms with van der Waals surface area (Å²) >= 11 is 3.47. The van der Waals surface area contributed by atoms with Crippen LogP contribution in [0.25, 0.3) is 0 Å². The molecule has 2 amide bonds. The van der Waals surface area contributed by atoms with Crippen LogP contribution in [0.1, 0.15) is 200 Å². The number of benzene rings is 3. The molecule has 62 heavy (non-hydrogen) atoms. The zero-order valence-corrected chi connectivity index (χ0v) is 42.3. The molecule has 0 aromatic heterocycles. The van der Waals surface area contributed by atoms with Crippen LogP contribution in [0.15, 0.2) is 42.5 Å². The number of hydrogen-bond donors (Lipinski definition) is 4. The predicted octanol–water partition coefficient (Wildman–Crippen LogP) is 16.3. The van der Waals surface area contributed by atoms with Crippen molar-refractivity contribution in [3.8, 4) is 11.5 Å². The van der Waals surface area contributed by atoms with Crippen molar-refractivity contribution < 1.29 is 19.8 Å². The molecule has 3 aromatic rings. The van der Waals surface area contributed by atoms with Crippen LogP contribution in [-0.4, -0.2) is 38.3 Å². The van der Waals surface area contributed by atoms with Gasteiger partial charge >= 0.3 is 0 Å². The van der Waals surface area contributed by atoms with E-state index in [-0.39, 0.29) is 17.1 Å². The third-order valence-electron chi connectivity index (χ3n) is 12.2. The summed E-state index contributed by atoms with van der Waals surface area (Å²) in [5.41, 5.74) is 7.69. The number of thioether (sulfide) groups is 2. The highest BCUT2D eigenvalue weighted by molar-refractivity contribution is 8.01. The van der Waals surface area contributed by atoms with E-state index in [9.17, 15) is 19.8 Å². The maximum atomic E-state index is 13.3. The molecular formula is C54H86N2O4S2. The number of rotatable bonds is 29. The number of aryl methyl sites for hydroxylation is 2. The van der Waals surface area contributed by atoms with Gasteiger partial charge in [-0.2, -0.15) is 0 Å². The summed E-state index contributed by atoms with van der Waals surface area (Å²) in [4.78, 5) is 26.1. The third-order valence-corrected chi connectivity index (χ3v) is 15.0. The molecule has 0 aliphatic carbocycles. The van der Waals surface area contributed by atoms with Gasteiger partial charge in [-0.3, -0.25) is 9.59 Å². The van der Waals surface area contributed by atoms with E-state index in [1.807, 2.05) is 97.9 Å². The highest BCUT2D eigenvalue weighted by Gasteiger charge is 2.29. The summed E-state index contributed by atoms with van der Waals surface area (Å²) in [5, 5.41) is 26.2. The second-order valence-electron chi connectivity index (χ2n) is 18.0. The van der Waals surface area contributed by atoms with E-state index in [2.05, 4.69) is 24.5 Å². The molecule has 0 bridgehead atoms. The van der Waals surface area contributed by atoms with Gasteiger partial charge in [-0.05, 0) is 131 Å². The fourth-order valence-corrected chi connectivity index (χ4v) is 9.80. The molecule has 0 spiro atoms. The minimum Gasteiger partial charge on any atom is -0.507 e. The van der Waals surface area contributed by atoms with Gasteiger partial charge in [0.05, 0.1) is 4.75 Å². The SMILES string of the molecule is CCCCCCCCCCCCSC(C(=O)Nc1cc(C)c(O)c(C)c1C)c1ccccc1.CCCCCCCCCCCCSC(C)(C)C(=O)Nc1cc(C)c(O)c(C)c1C. The van der Waals surface area contributed by atoms with Gasteiger partial charge in [0.15, 0.2) is 0 Å². The first-order chi connectivity index (χ1) is 29.7. The molecule has 3 aromatic carbocycles. The van der Waals surface area contributed by atoms with Crippen molar-refractivity contribution in [1.82, 2.24) is 0 Å². The standard InChI is InChI=1S/C29H43NO2S.C25H43NO2S/c1-5-6-7-8-9-10-11-12-13-17-20-33-28(25-18-15-14-16-19-25)29(32)30-26-21-22(2)27(31)24(4)23(26)3;1-7-8-9-10-11-12-13-14-15-16-17-29-25(5,6)24(28)26-22-18-19(2)23(27)21(4)20(22)3/h14-16,18-19,21,28,31H,5-13,17,20H2,1-4H3,(H,30,32);18,27H,7-17H2,1-6H3,(H,26,28). The van der Waals surface area contributed by atoms with Crippen LogP contribution in [-0.2, 0) is 9.59 Å². The van der Waals surface area contributed by atoms with Crippen LogP contribution in [0.3, 0.4) is 0 Å². The number of hydrogen-bond acceptors (Lipinski definition) is 6. The number of amides is 2. The first-order valence-electron chi connectivity index (χ1n) is 24.2. The van der Waals surface area contributed by atoms with Gasteiger partial charge < -0.3 is 20.8 Å². The predicted molar refractivity (Wildman–Crippen MR) is 274 cm³/mol. The van der Waals surface area contributed by atoms with Crippen molar-refractivity contribution in [2.45, 2.75) is 208 Å². The Morgan fingerprint density at radius 2 is 0.935 bits per heavy atom. The fraction of sp³-hybridized carbons (Fsp3) is 0.630. The molecule has 0 fully saturated rings. The topological polar surface area (TPSA) is 98.7 Å². The maximum Gasteiger partial charge on any atom is 0.242 e. The smallest absolute Gasteiger partial charge is 0.242 e. The molecule has 0 radical (unpaired) electrons. The molecule has 1 atom stereocenters. The first-order valence-corrected chi connectivity index (χ1v) is 26.2. The Kier molecular flexibility index (Phi) is 27.4. The van der Waals surface area contributed by atoms with E-state index in [1.54, 1.807) is 23.5 Å². The quantitative estimate of drug-likeness (QED) is 0.0409. The molecule has 0 aliphatic heterocycles. The molecule has 4 N–H and O–H groups in total. The largest absolute Gasteiger partial charge is 0.507 e. The Bertz CT molecular complexity index is 1740. The van der Waals surface area contributed by atoms with E-state index >= 15 is 0 Å². The number of phenolic OH excluding ortho intramolecular Hbond substituents is 2. The number of unbranched alkanes of at least 4 members (excludes halogenated alkanes) is 18. The molecule has 0 aliphatic rings. The Balaban J connectivity index is 0.000000431. The van der Waals surface area contributed by atoms with Crippen molar-refractivity contribution >= 4 is 46.7 Å². The number of carbonyl (C=O) groups excluding carboxylic acids is 2. The lowest BCUT2D eigenvalue weighted by Crippen LogP contribution is -2.34. The van der Waals surface area contributed by atoms with Crippen molar-refractivity contribution in [1.29, 1.82) is 0 Å². The van der Waals surface area contributed by atoms with Crippen LogP contribution in [0.4, 0.5) is 11.4 Å². The van der Waals surface area contributed by atoms with Crippen molar-refractivity contribution in [3.63, 3.8) is 0 Å². The molecule has 3 rings (SSSR count). The van der Waals surface area contributed by atoms with Crippen LogP contribution < -0.4 is 10.6 Å². The van der Waals surface area contributed by atoms with E-state index < -0.39 is 4.75 Å². The van der Waals surface area contributed by atoms with E-state index in [1.165, 1.54) is 122 Å². The second-order valence-corrected chi connectivity index (χ2v) is 20.9. The van der Waals surface area contributed by atoms with Crippen LogP contribution in [0.5, 0.6) is 11.5 Å². The van der Waals surface area contributed by atoms with E-state index in [0.717, 1.165) is 68.2 Å². The zero-order valence-electron chi connectivity index (χ0n) is 40.7. The number of aromatic hydroxyl groups is 2. The molecule has 348 valence electrons. The summed E-state index contributed by atoms with van der Waals surface area (Å²) in [5.74, 6) is 2.66. The Hall–Kier alpha value is -3.10. The average molecular weight is 891 g/mol. The zero-order chi connectivity index (χ0) is 45.9. The molecule has 0 saturated heterocycles. The van der Waals surface area contributed by atoms with Gasteiger partial charge in [0, 0.05) is 11.4 Å². The Morgan fingerprint density at radius 1 is 0.548 bits per heavy atom. The van der Waals surface area contributed by atoms with Gasteiger partial charge in [-0.25, -0.2) is 0 Å². The average Bonchev–Trinajstić information content (AvgIpc) is 3.25. The third kappa shape index (κ3) is 20.2. The summed E-state index contributed by atoms with van der Waals surface area (Å²) in [6.45, 7) is 19.9. The highest BCUT2D eigenvalue weighted by atomic mass is 32.2. The van der Waals surface area contributed by atoms with Crippen LogP contribution in [0.2, 0.25) is 0 Å². The summed E-state index contributed by atoms with van der Waals surface area (Å²) in [6.07, 6.45) is 26.5. The van der Waals surface area contributed by atoms with Crippen molar-refractivity contribution in [2.75, 3.05) is 22.1 Å². The van der Waals surface area contributed by atoms with Gasteiger partial charge in [-0.1, -0.05) is 160 Å². The van der Waals surface area contributed by atoms with E-state index in [0.29, 0.717) is 11.5 Å². The first kappa shape index (κ1) is 55.0. The minimum absolute atomic E-state index is 0.00543. The number of phenols is 2. The maximum absolute atomic E-state index is 13.3. The number of nitrogens with one attached hydrogen (secondary N) is 2. The number of anilines is 2. The molecule has 8 heteroatoms. The number of carbonyl (C=O) groups is 2. The van der Waals surface area contributed by atoms with Gasteiger partial charge in [0.2, 0.25) is 11.8 Å². The Morgan fingerprint density at radius 3 is 1.37 bits per heavy atom. The lowest BCUT2D eigenvalue weighted by molar-refractivity contribution is -0.118. The van der Waals surface area contributed by atoms with Crippen LogP contribution >= 0.6 is 23.5 Å². The second kappa shape index (κ2) is 30.9. The van der Waals surface area contributed by atoms with Gasteiger partial charge in [0.25, 0.3) is 0 Å². The van der Waals surface area contributed by atoms with Gasteiger partial charge in [0.1, 0.15) is 16.7 Å². The molecule has 0 heterocycles. The lowest BCUT2D eigenvalue weighted by Gasteiger charge is -2.24.